The summed E-state index contributed by atoms with van der Waals surface area (Å²) in [5.74, 6) is 0.198. The van der Waals surface area contributed by atoms with E-state index >= 15 is 0 Å². The maximum Gasteiger partial charge on any atom is 0.311 e. The van der Waals surface area contributed by atoms with E-state index in [1.807, 2.05) is 18.2 Å². The molecule has 1 amide bonds. The van der Waals surface area contributed by atoms with Crippen LogP contribution < -0.4 is 0 Å². The number of nitrogens with zero attached hydrogens (tertiary/aromatic N) is 1. The molecule has 0 saturated carbocycles. The molecule has 2 atom stereocenters. The van der Waals surface area contributed by atoms with Crippen LogP contribution in [-0.4, -0.2) is 40.7 Å². The van der Waals surface area contributed by atoms with Gasteiger partial charge in [-0.25, -0.2) is 0 Å². The van der Waals surface area contributed by atoms with Crippen molar-refractivity contribution in [3.05, 3.63) is 35.4 Å². The van der Waals surface area contributed by atoms with Gasteiger partial charge in [-0.05, 0) is 36.6 Å². The second kappa shape index (κ2) is 5.37. The van der Waals surface area contributed by atoms with Crippen molar-refractivity contribution in [2.75, 3.05) is 18.8 Å². The highest BCUT2D eigenvalue weighted by Crippen LogP contribution is 2.40. The van der Waals surface area contributed by atoms with Crippen molar-refractivity contribution in [2.24, 2.45) is 5.41 Å². The maximum atomic E-state index is 12.8. The molecule has 0 spiro atoms. The molecule has 0 bridgehead atoms. The van der Waals surface area contributed by atoms with E-state index in [1.54, 1.807) is 23.6 Å². The minimum atomic E-state index is -0.811. The molecule has 1 N–H and O–H groups in total. The summed E-state index contributed by atoms with van der Waals surface area (Å²) in [5, 5.41) is 9.12. The van der Waals surface area contributed by atoms with Gasteiger partial charge in [0.25, 0.3) is 0 Å². The number of aryl methyl sites for hydroxylation is 1. The zero-order valence-corrected chi connectivity index (χ0v) is 12.9. The van der Waals surface area contributed by atoms with E-state index in [-0.39, 0.29) is 11.2 Å². The van der Waals surface area contributed by atoms with Crippen molar-refractivity contribution in [3.63, 3.8) is 0 Å². The summed E-state index contributed by atoms with van der Waals surface area (Å²) >= 11 is 1.67. The number of carbonyl (C=O) groups excluding carboxylic acids is 1. The van der Waals surface area contributed by atoms with Gasteiger partial charge < -0.3 is 10.0 Å². The second-order valence-electron chi connectivity index (χ2n) is 6.08. The Morgan fingerprint density at radius 1 is 1.38 bits per heavy atom. The molecule has 5 heteroatoms. The first-order valence-corrected chi connectivity index (χ1v) is 8.28. The van der Waals surface area contributed by atoms with Crippen molar-refractivity contribution < 1.29 is 14.7 Å². The molecule has 3 rings (SSSR count). The first-order chi connectivity index (χ1) is 10.0. The predicted molar refractivity (Wildman–Crippen MR) is 82.3 cm³/mol. The van der Waals surface area contributed by atoms with Gasteiger partial charge in [-0.3, -0.25) is 9.59 Å². The minimum Gasteiger partial charge on any atom is -0.481 e. The van der Waals surface area contributed by atoms with Crippen LogP contribution in [0.5, 0.6) is 0 Å². The van der Waals surface area contributed by atoms with Gasteiger partial charge >= 0.3 is 5.97 Å². The fraction of sp³-hybridized carbons (Fsp3) is 0.500. The van der Waals surface area contributed by atoms with Crippen LogP contribution in [0.2, 0.25) is 0 Å². The lowest BCUT2D eigenvalue weighted by molar-refractivity contribution is -0.147. The molecular weight excluding hydrogens is 286 g/mol. The minimum absolute atomic E-state index is 0.0668. The molecule has 4 nitrogen and oxygen atoms in total. The lowest BCUT2D eigenvalue weighted by atomic mass is 9.90. The summed E-state index contributed by atoms with van der Waals surface area (Å²) in [7, 11) is 0. The fourth-order valence-corrected chi connectivity index (χ4v) is 4.36. The average molecular weight is 305 g/mol. The molecular formula is C16H19NO3S. The highest BCUT2D eigenvalue weighted by Gasteiger charge is 2.44. The van der Waals surface area contributed by atoms with E-state index in [2.05, 4.69) is 6.07 Å². The average Bonchev–Trinajstić information content (AvgIpc) is 2.90. The Labute approximate surface area is 128 Å². The third-order valence-electron chi connectivity index (χ3n) is 4.52. The van der Waals surface area contributed by atoms with Crippen LogP contribution in [-0.2, 0) is 16.0 Å². The molecule has 1 fully saturated rings. The molecule has 2 aliphatic rings. The van der Waals surface area contributed by atoms with E-state index in [0.717, 1.165) is 17.7 Å². The summed E-state index contributed by atoms with van der Waals surface area (Å²) in [6, 6.07) is 8.08. The molecule has 2 heterocycles. The normalized spacial score (nSPS) is 28.2. The van der Waals surface area contributed by atoms with Crippen molar-refractivity contribution in [1.82, 2.24) is 4.90 Å². The van der Waals surface area contributed by atoms with Gasteiger partial charge in [0.2, 0.25) is 5.91 Å². The van der Waals surface area contributed by atoms with Crippen LogP contribution in [0.1, 0.15) is 29.7 Å². The standard InChI is InChI=1S/C16H19NO3S/c1-16(15(19)20)7-8-17(10-16)14(18)13-12-5-3-2-4-11(12)6-9-21-13/h2-5,13H,6-10H2,1H3,(H,19,20)/t13-,16+/m0/s1. The van der Waals surface area contributed by atoms with Crippen molar-refractivity contribution in [2.45, 2.75) is 25.0 Å². The zero-order valence-electron chi connectivity index (χ0n) is 12.0. The lowest BCUT2D eigenvalue weighted by Gasteiger charge is -2.28. The quantitative estimate of drug-likeness (QED) is 0.911. The topological polar surface area (TPSA) is 57.6 Å². The first kappa shape index (κ1) is 14.4. The van der Waals surface area contributed by atoms with Gasteiger partial charge in [-0.1, -0.05) is 24.3 Å². The Bertz CT molecular complexity index is 589. The second-order valence-corrected chi connectivity index (χ2v) is 7.29. The maximum absolute atomic E-state index is 12.8. The molecule has 1 aromatic carbocycles. The lowest BCUT2D eigenvalue weighted by Crippen LogP contribution is -2.37. The van der Waals surface area contributed by atoms with Crippen LogP contribution in [0.15, 0.2) is 24.3 Å². The molecule has 0 radical (unpaired) electrons. The fourth-order valence-electron chi connectivity index (χ4n) is 3.09. The van der Waals surface area contributed by atoms with Crippen LogP contribution in [0.25, 0.3) is 0 Å². The number of hydrogen-bond donors (Lipinski definition) is 1. The summed E-state index contributed by atoms with van der Waals surface area (Å²) in [6.07, 6.45) is 1.53. The third-order valence-corrected chi connectivity index (χ3v) is 5.75. The SMILES string of the molecule is C[C@@]1(C(=O)O)CCN(C(=O)[C@H]2SCCc3ccccc32)C1. The van der Waals surface area contributed by atoms with Crippen molar-refractivity contribution >= 4 is 23.6 Å². The molecule has 0 aromatic heterocycles. The van der Waals surface area contributed by atoms with Gasteiger partial charge in [-0.2, -0.15) is 0 Å². The van der Waals surface area contributed by atoms with E-state index < -0.39 is 11.4 Å². The number of carbonyl (C=O) groups is 2. The first-order valence-electron chi connectivity index (χ1n) is 7.23. The van der Waals surface area contributed by atoms with Crippen LogP contribution in [0.4, 0.5) is 0 Å². The Morgan fingerprint density at radius 3 is 2.86 bits per heavy atom. The van der Waals surface area contributed by atoms with E-state index in [9.17, 15) is 14.7 Å². The number of fused-ring (bicyclic) bond motifs is 1. The van der Waals surface area contributed by atoms with E-state index in [0.29, 0.717) is 19.5 Å². The molecule has 112 valence electrons. The Morgan fingerprint density at radius 2 is 2.14 bits per heavy atom. The number of hydrogen-bond acceptors (Lipinski definition) is 3. The van der Waals surface area contributed by atoms with Gasteiger partial charge in [0, 0.05) is 13.1 Å². The molecule has 21 heavy (non-hydrogen) atoms. The molecule has 1 saturated heterocycles. The number of carboxylic acids is 1. The number of thioether (sulfide) groups is 1. The highest BCUT2D eigenvalue weighted by molar-refractivity contribution is 8.00. The smallest absolute Gasteiger partial charge is 0.311 e. The third kappa shape index (κ3) is 2.55. The van der Waals surface area contributed by atoms with Gasteiger partial charge in [0.1, 0.15) is 5.25 Å². The van der Waals surface area contributed by atoms with E-state index in [1.165, 1.54) is 5.56 Å². The van der Waals surface area contributed by atoms with Crippen LogP contribution in [0.3, 0.4) is 0 Å². The number of carboxylic acid groups (broad SMARTS) is 1. The molecule has 0 unspecified atom stereocenters. The van der Waals surface area contributed by atoms with E-state index in [4.69, 9.17) is 0 Å². The zero-order chi connectivity index (χ0) is 15.0. The molecule has 0 aliphatic carbocycles. The highest BCUT2D eigenvalue weighted by atomic mass is 32.2. The summed E-state index contributed by atoms with van der Waals surface area (Å²) in [5.41, 5.74) is 1.55. The number of aliphatic carboxylic acids is 1. The van der Waals surface area contributed by atoms with Gasteiger partial charge in [0.05, 0.1) is 5.41 Å². The van der Waals surface area contributed by atoms with Crippen molar-refractivity contribution in [1.29, 1.82) is 0 Å². The Balaban J connectivity index is 1.80. The van der Waals surface area contributed by atoms with Crippen molar-refractivity contribution in [3.8, 4) is 0 Å². The van der Waals surface area contributed by atoms with Gasteiger partial charge in [-0.15, -0.1) is 11.8 Å². The number of amides is 1. The summed E-state index contributed by atoms with van der Waals surface area (Å²) in [4.78, 5) is 25.8. The summed E-state index contributed by atoms with van der Waals surface area (Å²) in [6.45, 7) is 2.59. The number of rotatable bonds is 2. The number of likely N-dealkylation sites (tertiary alicyclic amines) is 1. The predicted octanol–water partition coefficient (Wildman–Crippen LogP) is 2.34. The Hall–Kier alpha value is -1.49. The van der Waals surface area contributed by atoms with Crippen LogP contribution in [0, 0.1) is 5.41 Å². The largest absolute Gasteiger partial charge is 0.481 e. The Kier molecular flexibility index (Phi) is 3.69. The summed E-state index contributed by atoms with van der Waals surface area (Å²) < 4.78 is 0. The monoisotopic (exact) mass is 305 g/mol. The molecule has 2 aliphatic heterocycles. The molecule has 1 aromatic rings. The van der Waals surface area contributed by atoms with Gasteiger partial charge in [0.15, 0.2) is 0 Å². The number of benzene rings is 1. The van der Waals surface area contributed by atoms with Crippen LogP contribution >= 0.6 is 11.8 Å².